The molecule has 8 heteroatoms. The fourth-order valence-corrected chi connectivity index (χ4v) is 2.10. The number of aryl methyl sites for hydroxylation is 2. The van der Waals surface area contributed by atoms with Gasteiger partial charge in [0.05, 0.1) is 10.0 Å². The van der Waals surface area contributed by atoms with Crippen LogP contribution >= 0.6 is 23.2 Å². The number of hydrogen-bond donors (Lipinski definition) is 2. The van der Waals surface area contributed by atoms with E-state index >= 15 is 0 Å². The summed E-state index contributed by atoms with van der Waals surface area (Å²) in [5.74, 6) is 0.390. The number of hydrogen-bond acceptors (Lipinski definition) is 5. The average molecular weight is 355 g/mol. The third-order valence-electron chi connectivity index (χ3n) is 2.85. The Hall–Kier alpha value is -2.05. The molecule has 122 valence electrons. The molecular formula is C15H16Cl2N4O2. The molecule has 0 aliphatic carbocycles. The Morgan fingerprint density at radius 1 is 1.13 bits per heavy atom. The van der Waals surface area contributed by atoms with Crippen molar-refractivity contribution in [2.75, 3.05) is 5.43 Å². The van der Waals surface area contributed by atoms with Gasteiger partial charge in [0.25, 0.3) is 5.91 Å². The number of amides is 1. The van der Waals surface area contributed by atoms with Gasteiger partial charge in [-0.15, -0.1) is 0 Å². The van der Waals surface area contributed by atoms with E-state index in [9.17, 15) is 4.79 Å². The standard InChI is InChI=1S/C15H16Cl2N4O2/c1-8-6-9(2)19-15(18-8)21-20-14(22)10(3)23-11-4-5-12(16)13(17)7-11/h4-7,10H,1-3H3,(H,20,22)(H,18,19,21). The predicted octanol–water partition coefficient (Wildman–Crippen LogP) is 3.31. The molecule has 2 aromatic rings. The molecule has 23 heavy (non-hydrogen) atoms. The van der Waals surface area contributed by atoms with Gasteiger partial charge in [0, 0.05) is 17.5 Å². The van der Waals surface area contributed by atoms with E-state index in [0.717, 1.165) is 11.4 Å². The molecule has 2 N–H and O–H groups in total. The van der Waals surface area contributed by atoms with Crippen molar-refractivity contribution in [3.63, 3.8) is 0 Å². The van der Waals surface area contributed by atoms with Gasteiger partial charge in [-0.2, -0.15) is 0 Å². The molecule has 2 rings (SSSR count). The van der Waals surface area contributed by atoms with E-state index < -0.39 is 6.10 Å². The molecule has 0 aliphatic rings. The molecule has 0 aliphatic heterocycles. The molecule has 1 heterocycles. The number of anilines is 1. The number of nitrogens with zero attached hydrogens (tertiary/aromatic N) is 2. The first-order valence-corrected chi connectivity index (χ1v) is 7.60. The van der Waals surface area contributed by atoms with Crippen molar-refractivity contribution < 1.29 is 9.53 Å². The summed E-state index contributed by atoms with van der Waals surface area (Å²) in [7, 11) is 0. The molecule has 1 atom stereocenters. The third kappa shape index (κ3) is 4.97. The summed E-state index contributed by atoms with van der Waals surface area (Å²) < 4.78 is 5.51. The summed E-state index contributed by atoms with van der Waals surface area (Å²) in [5, 5.41) is 0.781. The normalized spacial score (nSPS) is 11.7. The summed E-state index contributed by atoms with van der Waals surface area (Å²) in [5.41, 5.74) is 6.77. The van der Waals surface area contributed by atoms with Crippen molar-refractivity contribution in [3.8, 4) is 5.75 Å². The van der Waals surface area contributed by atoms with E-state index in [1.807, 2.05) is 19.9 Å². The highest BCUT2D eigenvalue weighted by molar-refractivity contribution is 6.42. The number of aromatic nitrogens is 2. The molecule has 0 radical (unpaired) electrons. The maximum atomic E-state index is 12.0. The Labute approximate surface area is 144 Å². The van der Waals surface area contributed by atoms with E-state index in [0.29, 0.717) is 21.7 Å². The second-order valence-corrected chi connectivity index (χ2v) is 5.74. The first-order chi connectivity index (χ1) is 10.8. The van der Waals surface area contributed by atoms with Gasteiger partial charge >= 0.3 is 0 Å². The monoisotopic (exact) mass is 354 g/mol. The largest absolute Gasteiger partial charge is 0.481 e. The third-order valence-corrected chi connectivity index (χ3v) is 3.59. The molecule has 1 unspecified atom stereocenters. The smallest absolute Gasteiger partial charge is 0.279 e. The highest BCUT2D eigenvalue weighted by atomic mass is 35.5. The fraction of sp³-hybridized carbons (Fsp3) is 0.267. The van der Waals surface area contributed by atoms with Crippen LogP contribution in [0.15, 0.2) is 24.3 Å². The number of benzene rings is 1. The molecule has 0 spiro atoms. The number of carbonyl (C=O) groups excluding carboxylic acids is 1. The summed E-state index contributed by atoms with van der Waals surface area (Å²) in [4.78, 5) is 20.4. The lowest BCUT2D eigenvalue weighted by molar-refractivity contribution is -0.126. The Morgan fingerprint density at radius 3 is 2.39 bits per heavy atom. The molecule has 0 saturated heterocycles. The first kappa shape index (κ1) is 17.3. The van der Waals surface area contributed by atoms with Gasteiger partial charge in [-0.05, 0) is 39.0 Å². The zero-order chi connectivity index (χ0) is 17.0. The van der Waals surface area contributed by atoms with Crippen molar-refractivity contribution in [1.82, 2.24) is 15.4 Å². The average Bonchev–Trinajstić information content (AvgIpc) is 2.47. The highest BCUT2D eigenvalue weighted by Gasteiger charge is 2.15. The van der Waals surface area contributed by atoms with Gasteiger partial charge < -0.3 is 4.74 Å². The SMILES string of the molecule is Cc1cc(C)nc(NNC(=O)C(C)Oc2ccc(Cl)c(Cl)c2)n1. The van der Waals surface area contributed by atoms with Crippen molar-refractivity contribution >= 4 is 35.1 Å². The van der Waals surface area contributed by atoms with Gasteiger partial charge in [-0.25, -0.2) is 9.97 Å². The van der Waals surface area contributed by atoms with Crippen LogP contribution in [-0.4, -0.2) is 22.0 Å². The van der Waals surface area contributed by atoms with Gasteiger partial charge in [0.2, 0.25) is 5.95 Å². The van der Waals surface area contributed by atoms with Gasteiger partial charge in [0.1, 0.15) is 5.75 Å². The molecule has 0 bridgehead atoms. The van der Waals surface area contributed by atoms with E-state index in [2.05, 4.69) is 20.8 Å². The van der Waals surface area contributed by atoms with Gasteiger partial charge in [-0.3, -0.25) is 15.6 Å². The van der Waals surface area contributed by atoms with Crippen LogP contribution in [0.4, 0.5) is 5.95 Å². The van der Waals surface area contributed by atoms with Crippen LogP contribution in [0.2, 0.25) is 10.0 Å². The van der Waals surface area contributed by atoms with Crippen molar-refractivity contribution in [2.24, 2.45) is 0 Å². The van der Waals surface area contributed by atoms with Crippen LogP contribution in [-0.2, 0) is 4.79 Å². The molecule has 1 amide bonds. The zero-order valence-electron chi connectivity index (χ0n) is 12.9. The number of ether oxygens (including phenoxy) is 1. The predicted molar refractivity (Wildman–Crippen MR) is 89.8 cm³/mol. The second kappa shape index (κ2) is 7.48. The van der Waals surface area contributed by atoms with E-state index in [4.69, 9.17) is 27.9 Å². The maximum Gasteiger partial charge on any atom is 0.279 e. The summed E-state index contributed by atoms with van der Waals surface area (Å²) >= 11 is 11.7. The van der Waals surface area contributed by atoms with E-state index in [1.54, 1.807) is 25.1 Å². The van der Waals surface area contributed by atoms with Crippen LogP contribution in [0.3, 0.4) is 0 Å². The summed E-state index contributed by atoms with van der Waals surface area (Å²) in [6.45, 7) is 5.30. The Bertz CT molecular complexity index is 704. The minimum Gasteiger partial charge on any atom is -0.481 e. The molecule has 0 fully saturated rings. The minimum absolute atomic E-state index is 0.317. The number of halogens is 2. The molecule has 1 aromatic heterocycles. The molecule has 1 aromatic carbocycles. The van der Waals surface area contributed by atoms with Crippen molar-refractivity contribution in [1.29, 1.82) is 0 Å². The van der Waals surface area contributed by atoms with Crippen LogP contribution in [0, 0.1) is 13.8 Å². The van der Waals surface area contributed by atoms with Crippen LogP contribution in [0.5, 0.6) is 5.75 Å². The number of nitrogens with one attached hydrogen (secondary N) is 2. The Morgan fingerprint density at radius 2 is 1.78 bits per heavy atom. The van der Waals surface area contributed by atoms with E-state index in [-0.39, 0.29) is 5.91 Å². The van der Waals surface area contributed by atoms with E-state index in [1.165, 1.54) is 0 Å². The Kier molecular flexibility index (Phi) is 5.63. The maximum absolute atomic E-state index is 12.0. The molecule has 0 saturated carbocycles. The highest BCUT2D eigenvalue weighted by Crippen LogP contribution is 2.26. The number of carbonyl (C=O) groups is 1. The quantitative estimate of drug-likeness (QED) is 0.805. The topological polar surface area (TPSA) is 76.1 Å². The summed E-state index contributed by atoms with van der Waals surface area (Å²) in [6.07, 6.45) is -0.745. The van der Waals surface area contributed by atoms with Crippen LogP contribution in [0.25, 0.3) is 0 Å². The van der Waals surface area contributed by atoms with Crippen molar-refractivity contribution in [2.45, 2.75) is 26.9 Å². The molecular weight excluding hydrogens is 339 g/mol. The lowest BCUT2D eigenvalue weighted by Crippen LogP contribution is -2.40. The fourth-order valence-electron chi connectivity index (χ4n) is 1.81. The number of rotatable bonds is 5. The first-order valence-electron chi connectivity index (χ1n) is 6.85. The Balaban J connectivity index is 1.93. The zero-order valence-corrected chi connectivity index (χ0v) is 14.4. The number of hydrazine groups is 1. The van der Waals surface area contributed by atoms with Gasteiger partial charge in [-0.1, -0.05) is 23.2 Å². The summed E-state index contributed by atoms with van der Waals surface area (Å²) in [6, 6.07) is 6.63. The van der Waals surface area contributed by atoms with Crippen molar-refractivity contribution in [3.05, 3.63) is 45.7 Å². The lowest BCUT2D eigenvalue weighted by atomic mass is 10.3. The van der Waals surface area contributed by atoms with Crippen LogP contribution < -0.4 is 15.6 Å². The van der Waals surface area contributed by atoms with Gasteiger partial charge in [0.15, 0.2) is 6.10 Å². The minimum atomic E-state index is -0.745. The lowest BCUT2D eigenvalue weighted by Gasteiger charge is -2.15. The second-order valence-electron chi connectivity index (χ2n) is 4.92. The molecule has 6 nitrogen and oxygen atoms in total. The van der Waals surface area contributed by atoms with Crippen LogP contribution in [0.1, 0.15) is 18.3 Å².